The summed E-state index contributed by atoms with van der Waals surface area (Å²) in [6.07, 6.45) is 2.61. The molecule has 0 spiro atoms. The van der Waals surface area contributed by atoms with E-state index in [-0.39, 0.29) is 0 Å². The average Bonchev–Trinajstić information content (AvgIpc) is 2.24. The Morgan fingerprint density at radius 1 is 1.29 bits per heavy atom. The van der Waals surface area contributed by atoms with Crippen LogP contribution in [0.5, 0.6) is 0 Å². The molecule has 1 saturated heterocycles. The van der Waals surface area contributed by atoms with Crippen LogP contribution in [0.25, 0.3) is 0 Å². The summed E-state index contributed by atoms with van der Waals surface area (Å²) >= 11 is 0. The van der Waals surface area contributed by atoms with Gasteiger partial charge in [0, 0.05) is 31.8 Å². The second kappa shape index (κ2) is 7.34. The lowest BCUT2D eigenvalue weighted by Crippen LogP contribution is -2.53. The minimum atomic E-state index is 0.566. The van der Waals surface area contributed by atoms with Gasteiger partial charge in [0.25, 0.3) is 0 Å². The van der Waals surface area contributed by atoms with Gasteiger partial charge in [-0.25, -0.2) is 0 Å². The molecule has 2 unspecified atom stereocenters. The largest absolute Gasteiger partial charge is 0.383 e. The Labute approximate surface area is 107 Å². The summed E-state index contributed by atoms with van der Waals surface area (Å²) in [4.78, 5) is 2.61. The Kier molecular flexibility index (Phi) is 6.45. The highest BCUT2D eigenvalue weighted by molar-refractivity contribution is 4.84. The maximum Gasteiger partial charge on any atom is 0.0620 e. The molecule has 2 atom stereocenters. The van der Waals surface area contributed by atoms with Crippen molar-refractivity contribution < 1.29 is 4.74 Å². The minimum absolute atomic E-state index is 0.566. The van der Waals surface area contributed by atoms with E-state index in [2.05, 4.69) is 37.9 Å². The summed E-state index contributed by atoms with van der Waals surface area (Å²) in [5.74, 6) is 0.660. The topological polar surface area (TPSA) is 24.5 Å². The van der Waals surface area contributed by atoms with Crippen LogP contribution in [0.4, 0.5) is 0 Å². The zero-order valence-electron chi connectivity index (χ0n) is 12.2. The van der Waals surface area contributed by atoms with E-state index in [1.807, 2.05) is 7.11 Å². The second-order valence-electron chi connectivity index (χ2n) is 5.92. The van der Waals surface area contributed by atoms with Crippen molar-refractivity contribution in [2.75, 3.05) is 26.8 Å². The molecular weight excluding hydrogens is 212 g/mol. The molecule has 0 aromatic rings. The number of hydrogen-bond acceptors (Lipinski definition) is 3. The predicted octanol–water partition coefficient (Wildman–Crippen LogP) is 2.12. The molecule has 1 heterocycles. The number of hydrogen-bond donors (Lipinski definition) is 1. The molecule has 1 aliphatic heterocycles. The molecule has 17 heavy (non-hydrogen) atoms. The summed E-state index contributed by atoms with van der Waals surface area (Å²) in [5.41, 5.74) is 0. The molecule has 1 N–H and O–H groups in total. The lowest BCUT2D eigenvalue weighted by molar-refractivity contribution is 0.0424. The lowest BCUT2D eigenvalue weighted by Gasteiger charge is -2.40. The third-order valence-electron chi connectivity index (χ3n) is 3.60. The molecule has 0 aliphatic carbocycles. The van der Waals surface area contributed by atoms with Gasteiger partial charge in [0.15, 0.2) is 0 Å². The van der Waals surface area contributed by atoms with Gasteiger partial charge < -0.3 is 10.1 Å². The number of nitrogens with one attached hydrogen (secondary N) is 1. The van der Waals surface area contributed by atoms with Crippen LogP contribution in [0, 0.1) is 5.92 Å². The molecule has 1 rings (SSSR count). The highest BCUT2D eigenvalue weighted by atomic mass is 16.5. The SMILES string of the molecule is COCC(C(C)C)N1CCCC(NC(C)C)C1. The van der Waals surface area contributed by atoms with Crippen LogP contribution in [0.15, 0.2) is 0 Å². The number of rotatable bonds is 6. The van der Waals surface area contributed by atoms with Crippen molar-refractivity contribution in [3.05, 3.63) is 0 Å². The fourth-order valence-electron chi connectivity index (χ4n) is 2.81. The summed E-state index contributed by atoms with van der Waals surface area (Å²) in [5, 5.41) is 3.67. The van der Waals surface area contributed by atoms with Crippen molar-refractivity contribution in [1.82, 2.24) is 10.2 Å². The standard InChI is InChI=1S/C14H30N2O/c1-11(2)14(10-17-5)16-8-6-7-13(9-16)15-12(3)4/h11-15H,6-10H2,1-5H3. The summed E-state index contributed by atoms with van der Waals surface area (Å²) in [7, 11) is 1.81. The molecule has 0 bridgehead atoms. The van der Waals surface area contributed by atoms with Gasteiger partial charge in [-0.1, -0.05) is 27.7 Å². The molecule has 1 fully saturated rings. The summed E-state index contributed by atoms with van der Waals surface area (Å²) in [6, 6.07) is 1.80. The van der Waals surface area contributed by atoms with E-state index in [0.29, 0.717) is 24.0 Å². The van der Waals surface area contributed by atoms with Crippen LogP contribution in [-0.2, 0) is 4.74 Å². The average molecular weight is 242 g/mol. The summed E-state index contributed by atoms with van der Waals surface area (Å²) < 4.78 is 5.37. The first-order chi connectivity index (χ1) is 8.04. The van der Waals surface area contributed by atoms with Crippen LogP contribution < -0.4 is 5.32 Å². The first-order valence-electron chi connectivity index (χ1n) is 7.03. The highest BCUT2D eigenvalue weighted by Crippen LogP contribution is 2.18. The molecular formula is C14H30N2O. The Balaban J connectivity index is 2.51. The molecule has 0 radical (unpaired) electrons. The lowest BCUT2D eigenvalue weighted by atomic mass is 9.97. The fourth-order valence-corrected chi connectivity index (χ4v) is 2.81. The fraction of sp³-hybridized carbons (Fsp3) is 1.00. The van der Waals surface area contributed by atoms with Crippen LogP contribution >= 0.6 is 0 Å². The molecule has 0 amide bonds. The van der Waals surface area contributed by atoms with Crippen molar-refractivity contribution >= 4 is 0 Å². The Morgan fingerprint density at radius 3 is 2.53 bits per heavy atom. The number of piperidine rings is 1. The first kappa shape index (κ1) is 14.9. The molecule has 102 valence electrons. The predicted molar refractivity (Wildman–Crippen MR) is 73.4 cm³/mol. The van der Waals surface area contributed by atoms with Gasteiger partial charge in [-0.2, -0.15) is 0 Å². The van der Waals surface area contributed by atoms with Crippen molar-refractivity contribution in [3.63, 3.8) is 0 Å². The van der Waals surface area contributed by atoms with Gasteiger partial charge in [-0.15, -0.1) is 0 Å². The zero-order chi connectivity index (χ0) is 12.8. The van der Waals surface area contributed by atoms with E-state index >= 15 is 0 Å². The maximum atomic E-state index is 5.37. The zero-order valence-corrected chi connectivity index (χ0v) is 12.2. The monoisotopic (exact) mass is 242 g/mol. The van der Waals surface area contributed by atoms with Crippen molar-refractivity contribution in [3.8, 4) is 0 Å². The van der Waals surface area contributed by atoms with E-state index in [1.165, 1.54) is 25.9 Å². The minimum Gasteiger partial charge on any atom is -0.383 e. The number of methoxy groups -OCH3 is 1. The van der Waals surface area contributed by atoms with Gasteiger partial charge in [0.1, 0.15) is 0 Å². The summed E-state index contributed by atoms with van der Waals surface area (Å²) in [6.45, 7) is 12.3. The van der Waals surface area contributed by atoms with E-state index < -0.39 is 0 Å². The smallest absolute Gasteiger partial charge is 0.0620 e. The van der Waals surface area contributed by atoms with Gasteiger partial charge in [0.2, 0.25) is 0 Å². The van der Waals surface area contributed by atoms with E-state index in [4.69, 9.17) is 4.74 Å². The van der Waals surface area contributed by atoms with Crippen LogP contribution in [-0.4, -0.2) is 49.8 Å². The Morgan fingerprint density at radius 2 is 2.00 bits per heavy atom. The molecule has 3 heteroatoms. The second-order valence-corrected chi connectivity index (χ2v) is 5.92. The van der Waals surface area contributed by atoms with Gasteiger partial charge in [-0.05, 0) is 25.3 Å². The van der Waals surface area contributed by atoms with Crippen LogP contribution in [0.2, 0.25) is 0 Å². The van der Waals surface area contributed by atoms with Gasteiger partial charge >= 0.3 is 0 Å². The van der Waals surface area contributed by atoms with Crippen LogP contribution in [0.3, 0.4) is 0 Å². The molecule has 0 saturated carbocycles. The molecule has 1 aliphatic rings. The van der Waals surface area contributed by atoms with E-state index in [0.717, 1.165) is 6.61 Å². The van der Waals surface area contributed by atoms with Crippen LogP contribution in [0.1, 0.15) is 40.5 Å². The Hall–Kier alpha value is -0.120. The van der Waals surface area contributed by atoms with E-state index in [9.17, 15) is 0 Å². The third kappa shape index (κ3) is 4.94. The maximum absolute atomic E-state index is 5.37. The van der Waals surface area contributed by atoms with E-state index in [1.54, 1.807) is 0 Å². The molecule has 0 aromatic heterocycles. The van der Waals surface area contributed by atoms with Crippen molar-refractivity contribution in [2.24, 2.45) is 5.92 Å². The first-order valence-corrected chi connectivity index (χ1v) is 7.03. The number of ether oxygens (including phenoxy) is 1. The van der Waals surface area contributed by atoms with Gasteiger partial charge in [-0.3, -0.25) is 4.90 Å². The normalized spacial score (nSPS) is 24.5. The number of nitrogens with zero attached hydrogens (tertiary/aromatic N) is 1. The quantitative estimate of drug-likeness (QED) is 0.772. The number of likely N-dealkylation sites (tertiary alicyclic amines) is 1. The molecule has 3 nitrogen and oxygen atoms in total. The van der Waals surface area contributed by atoms with Gasteiger partial charge in [0.05, 0.1) is 6.61 Å². The third-order valence-corrected chi connectivity index (χ3v) is 3.60. The van der Waals surface area contributed by atoms with Crippen molar-refractivity contribution in [1.29, 1.82) is 0 Å². The Bertz CT molecular complexity index is 206. The van der Waals surface area contributed by atoms with Crippen molar-refractivity contribution in [2.45, 2.75) is 58.7 Å². The molecule has 0 aromatic carbocycles. The highest BCUT2D eigenvalue weighted by Gasteiger charge is 2.27.